The third-order valence-corrected chi connectivity index (χ3v) is 6.51. The van der Waals surface area contributed by atoms with Crippen molar-refractivity contribution in [3.8, 4) is 5.75 Å². The molecule has 0 spiro atoms. The zero-order chi connectivity index (χ0) is 24.0. The Hall–Kier alpha value is -4.28. The van der Waals surface area contributed by atoms with E-state index in [2.05, 4.69) is 119 Å². The molecule has 0 unspecified atom stereocenters. The maximum absolute atomic E-state index is 6.21. The summed E-state index contributed by atoms with van der Waals surface area (Å²) in [5, 5.41) is 1.28. The number of hydrogen-bond donors (Lipinski definition) is 0. The lowest BCUT2D eigenvalue weighted by molar-refractivity contribution is 0.417. The van der Waals surface area contributed by atoms with Gasteiger partial charge in [-0.05, 0) is 60.7 Å². The molecule has 0 N–H and O–H groups in total. The molecule has 172 valence electrons. The van der Waals surface area contributed by atoms with Crippen molar-refractivity contribution in [1.82, 2.24) is 0 Å². The molecule has 0 radical (unpaired) electrons. The van der Waals surface area contributed by atoms with Crippen LogP contribution in [0, 0.1) is 0 Å². The Kier molecular flexibility index (Phi) is 6.64. The molecule has 0 saturated carbocycles. The lowest BCUT2D eigenvalue weighted by Crippen LogP contribution is -2.19. The number of rotatable bonds is 7. The maximum Gasteiger partial charge on any atom is 0.166 e. The van der Waals surface area contributed by atoms with Gasteiger partial charge >= 0.3 is 0 Å². The molecule has 0 amide bonds. The average molecular weight is 473 g/mol. The Morgan fingerprint density at radius 3 is 1.03 bits per heavy atom. The van der Waals surface area contributed by atoms with E-state index in [-0.39, 0.29) is 0 Å². The van der Waals surface area contributed by atoms with Crippen LogP contribution in [0.2, 0.25) is 0 Å². The van der Waals surface area contributed by atoms with Crippen molar-refractivity contribution in [2.24, 2.45) is 0 Å². The van der Waals surface area contributed by atoms with Crippen LogP contribution in [0.15, 0.2) is 133 Å². The topological polar surface area (TPSA) is 15.7 Å². The number of methoxy groups -OCH3 is 1. The van der Waals surface area contributed by atoms with Crippen molar-refractivity contribution >= 4 is 49.6 Å². The molecule has 0 heterocycles. The largest absolute Gasteiger partial charge is 0.492 e. The fourth-order valence-electron chi connectivity index (χ4n) is 4.44. The van der Waals surface area contributed by atoms with E-state index in [1.54, 1.807) is 7.11 Å². The van der Waals surface area contributed by atoms with Gasteiger partial charge in [-0.1, -0.05) is 78.0 Å². The summed E-state index contributed by atoms with van der Waals surface area (Å²) in [6, 6.07) is 46.4. The second-order valence-corrected chi connectivity index (χ2v) is 9.50. The minimum atomic E-state index is 0.824. The van der Waals surface area contributed by atoms with E-state index in [1.165, 1.54) is 5.19 Å². The molecule has 0 aliphatic rings. The average Bonchev–Trinajstić information content (AvgIpc) is 2.91. The third-order valence-electron chi connectivity index (χ3n) is 5.94. The minimum absolute atomic E-state index is 0.824. The number of benzene rings is 5. The van der Waals surface area contributed by atoms with Crippen LogP contribution < -0.4 is 19.7 Å². The zero-order valence-corrected chi connectivity index (χ0v) is 22.0. The van der Waals surface area contributed by atoms with Crippen LogP contribution in [-0.2, 0) is 0 Å². The first-order chi connectivity index (χ1) is 17.3. The standard InChI is InChI=1S/C31H28N2OSi/c1-34-31-29(32(24-14-6-2-7-15-24)25-16-8-3-9-17-25)22-28(35)23-30(31)33(26-18-10-4-11-19-26)27-20-12-5-13-21-27/h2-23H,1,35H3. The molecule has 0 saturated heterocycles. The predicted molar refractivity (Wildman–Crippen MR) is 152 cm³/mol. The monoisotopic (exact) mass is 472 g/mol. The zero-order valence-electron chi connectivity index (χ0n) is 20.0. The van der Waals surface area contributed by atoms with Gasteiger partial charge in [-0.15, -0.1) is 0 Å². The molecular weight excluding hydrogens is 444 g/mol. The summed E-state index contributed by atoms with van der Waals surface area (Å²) in [4.78, 5) is 4.55. The molecular formula is C31H28N2OSi. The van der Waals surface area contributed by atoms with Gasteiger partial charge in [0.05, 0.1) is 18.5 Å². The summed E-state index contributed by atoms with van der Waals surface area (Å²) in [5.74, 6) is 0.824. The van der Waals surface area contributed by atoms with Gasteiger partial charge in [0.25, 0.3) is 0 Å². The van der Waals surface area contributed by atoms with Crippen molar-refractivity contribution in [3.05, 3.63) is 133 Å². The number of ether oxygens (including phenoxy) is 1. The summed E-state index contributed by atoms with van der Waals surface area (Å²) >= 11 is 0. The van der Waals surface area contributed by atoms with E-state index in [4.69, 9.17) is 4.74 Å². The predicted octanol–water partition coefficient (Wildman–Crippen LogP) is 6.63. The Balaban J connectivity index is 1.78. The Labute approximate surface area is 210 Å². The highest BCUT2D eigenvalue weighted by molar-refractivity contribution is 6.33. The normalized spacial score (nSPS) is 10.7. The first-order valence-corrected chi connectivity index (χ1v) is 12.8. The third kappa shape index (κ3) is 4.70. The maximum atomic E-state index is 6.21. The molecule has 0 aliphatic heterocycles. The second kappa shape index (κ2) is 10.3. The summed E-state index contributed by atoms with van der Waals surface area (Å²) in [7, 11) is 2.66. The van der Waals surface area contributed by atoms with Crippen molar-refractivity contribution in [3.63, 3.8) is 0 Å². The van der Waals surface area contributed by atoms with Crippen LogP contribution >= 0.6 is 0 Å². The van der Waals surface area contributed by atoms with Gasteiger partial charge < -0.3 is 14.5 Å². The first kappa shape index (κ1) is 22.5. The summed E-state index contributed by atoms with van der Waals surface area (Å²) in [5.41, 5.74) is 6.37. The molecule has 3 nitrogen and oxygen atoms in total. The van der Waals surface area contributed by atoms with Crippen molar-refractivity contribution in [1.29, 1.82) is 0 Å². The van der Waals surface area contributed by atoms with Gasteiger partial charge in [0, 0.05) is 33.0 Å². The SMILES string of the molecule is COc1c(N(c2ccccc2)c2ccccc2)cc([SiH3])cc1N(c1ccccc1)c1ccccc1. The van der Waals surface area contributed by atoms with Gasteiger partial charge in [0.15, 0.2) is 5.75 Å². The van der Waals surface area contributed by atoms with E-state index in [9.17, 15) is 0 Å². The van der Waals surface area contributed by atoms with E-state index < -0.39 is 0 Å². The van der Waals surface area contributed by atoms with E-state index in [0.29, 0.717) is 0 Å². The highest BCUT2D eigenvalue weighted by Gasteiger charge is 2.24. The van der Waals surface area contributed by atoms with Crippen LogP contribution in [-0.4, -0.2) is 17.4 Å². The van der Waals surface area contributed by atoms with Crippen molar-refractivity contribution < 1.29 is 4.74 Å². The van der Waals surface area contributed by atoms with Gasteiger partial charge in [-0.2, -0.15) is 0 Å². The summed E-state index contributed by atoms with van der Waals surface area (Å²) < 4.78 is 6.21. The Morgan fingerprint density at radius 2 is 0.771 bits per heavy atom. The Morgan fingerprint density at radius 1 is 0.486 bits per heavy atom. The molecule has 0 fully saturated rings. The van der Waals surface area contributed by atoms with Gasteiger partial charge in [-0.25, -0.2) is 0 Å². The van der Waals surface area contributed by atoms with E-state index >= 15 is 0 Å². The second-order valence-electron chi connectivity index (χ2n) is 8.35. The van der Waals surface area contributed by atoms with Crippen LogP contribution in [0.5, 0.6) is 5.75 Å². The van der Waals surface area contributed by atoms with Crippen molar-refractivity contribution in [2.45, 2.75) is 0 Å². The quantitative estimate of drug-likeness (QED) is 0.247. The number of para-hydroxylation sites is 4. The fourth-order valence-corrected chi connectivity index (χ4v) is 4.99. The van der Waals surface area contributed by atoms with Crippen LogP contribution in [0.25, 0.3) is 0 Å². The smallest absolute Gasteiger partial charge is 0.166 e. The summed E-state index contributed by atoms with van der Waals surface area (Å²) in [6.07, 6.45) is 0. The first-order valence-electron chi connectivity index (χ1n) is 11.8. The lowest BCUT2D eigenvalue weighted by Gasteiger charge is -2.32. The van der Waals surface area contributed by atoms with Crippen LogP contribution in [0.3, 0.4) is 0 Å². The lowest BCUT2D eigenvalue weighted by atomic mass is 10.1. The van der Waals surface area contributed by atoms with Gasteiger partial charge in [-0.3, -0.25) is 0 Å². The molecule has 5 aromatic rings. The molecule has 5 aromatic carbocycles. The molecule has 5 rings (SSSR count). The molecule has 0 aromatic heterocycles. The molecule has 4 heteroatoms. The van der Waals surface area contributed by atoms with Crippen LogP contribution in [0.1, 0.15) is 0 Å². The highest BCUT2D eigenvalue weighted by atomic mass is 28.1. The number of anilines is 6. The number of hydrogen-bond acceptors (Lipinski definition) is 3. The van der Waals surface area contributed by atoms with E-state index in [1.807, 2.05) is 24.3 Å². The minimum Gasteiger partial charge on any atom is -0.492 e. The molecule has 0 atom stereocenters. The Bertz CT molecular complexity index is 1190. The molecule has 0 bridgehead atoms. The van der Waals surface area contributed by atoms with Gasteiger partial charge in [0.2, 0.25) is 0 Å². The fraction of sp³-hybridized carbons (Fsp3) is 0.0323. The molecule has 0 aliphatic carbocycles. The van der Waals surface area contributed by atoms with Gasteiger partial charge in [0.1, 0.15) is 0 Å². The summed E-state index contributed by atoms with van der Waals surface area (Å²) in [6.45, 7) is 0. The van der Waals surface area contributed by atoms with E-state index in [0.717, 1.165) is 50.1 Å². The van der Waals surface area contributed by atoms with Crippen molar-refractivity contribution in [2.75, 3.05) is 16.9 Å². The van der Waals surface area contributed by atoms with Crippen LogP contribution in [0.4, 0.5) is 34.1 Å². The number of nitrogens with zero attached hydrogens (tertiary/aromatic N) is 2. The molecule has 35 heavy (non-hydrogen) atoms. The highest BCUT2D eigenvalue weighted by Crippen LogP contribution is 2.47.